The van der Waals surface area contributed by atoms with Crippen molar-refractivity contribution in [1.82, 2.24) is 16.0 Å². The van der Waals surface area contributed by atoms with Crippen molar-refractivity contribution >= 4 is 11.8 Å². The lowest BCUT2D eigenvalue weighted by Crippen LogP contribution is -2.35. The van der Waals surface area contributed by atoms with E-state index in [2.05, 4.69) is 16.0 Å². The summed E-state index contributed by atoms with van der Waals surface area (Å²) in [5.74, 6) is -0.169. The van der Waals surface area contributed by atoms with E-state index in [1.165, 1.54) is 12.8 Å². The first-order valence-corrected chi connectivity index (χ1v) is 6.03. The van der Waals surface area contributed by atoms with Crippen LogP contribution in [0.25, 0.3) is 0 Å². The van der Waals surface area contributed by atoms with Gasteiger partial charge in [0, 0.05) is 25.6 Å². The molecule has 2 saturated heterocycles. The second-order valence-electron chi connectivity index (χ2n) is 4.58. The van der Waals surface area contributed by atoms with Gasteiger partial charge in [-0.25, -0.2) is 0 Å². The van der Waals surface area contributed by atoms with Crippen LogP contribution in [0.4, 0.5) is 0 Å². The van der Waals surface area contributed by atoms with Crippen molar-refractivity contribution in [3.8, 4) is 0 Å². The van der Waals surface area contributed by atoms with Crippen molar-refractivity contribution < 1.29 is 9.59 Å². The van der Waals surface area contributed by atoms with Crippen molar-refractivity contribution in [3.63, 3.8) is 0 Å². The highest BCUT2D eigenvalue weighted by Gasteiger charge is 2.27. The van der Waals surface area contributed by atoms with Crippen LogP contribution in [0.15, 0.2) is 0 Å². The summed E-state index contributed by atoms with van der Waals surface area (Å²) in [5.41, 5.74) is 0. The molecule has 0 radical (unpaired) electrons. The normalized spacial score (nSPS) is 29.1. The van der Waals surface area contributed by atoms with Gasteiger partial charge in [0.1, 0.15) is 0 Å². The molecule has 0 saturated carbocycles. The van der Waals surface area contributed by atoms with Gasteiger partial charge in [-0.15, -0.1) is 0 Å². The molecule has 2 atom stereocenters. The van der Waals surface area contributed by atoms with E-state index in [9.17, 15) is 9.59 Å². The number of hydrogen-bond acceptors (Lipinski definition) is 3. The quantitative estimate of drug-likeness (QED) is 0.597. The molecular formula is C11H19N3O2. The first-order valence-electron chi connectivity index (χ1n) is 6.03. The summed E-state index contributed by atoms with van der Waals surface area (Å²) >= 11 is 0. The molecule has 0 aliphatic carbocycles. The summed E-state index contributed by atoms with van der Waals surface area (Å²) in [6.07, 6.45) is 3.77. The third-order valence-corrected chi connectivity index (χ3v) is 3.30. The van der Waals surface area contributed by atoms with E-state index in [0.717, 1.165) is 13.0 Å². The zero-order valence-corrected chi connectivity index (χ0v) is 9.42. The predicted octanol–water partition coefficient (Wildman–Crippen LogP) is -0.619. The minimum atomic E-state index is -0.163. The average Bonchev–Trinajstić information content (AvgIpc) is 2.89. The Labute approximate surface area is 95.3 Å². The van der Waals surface area contributed by atoms with Crippen LogP contribution in [0.2, 0.25) is 0 Å². The van der Waals surface area contributed by atoms with Crippen LogP contribution in [0.3, 0.4) is 0 Å². The highest BCUT2D eigenvalue weighted by Crippen LogP contribution is 2.10. The minimum Gasteiger partial charge on any atom is -0.356 e. The van der Waals surface area contributed by atoms with Crippen LogP contribution in [-0.4, -0.2) is 37.5 Å². The van der Waals surface area contributed by atoms with Gasteiger partial charge >= 0.3 is 0 Å². The van der Waals surface area contributed by atoms with Crippen LogP contribution in [0.1, 0.15) is 25.7 Å². The molecular weight excluding hydrogens is 206 g/mol. The maximum absolute atomic E-state index is 11.6. The van der Waals surface area contributed by atoms with Gasteiger partial charge in [0.25, 0.3) is 0 Å². The standard InChI is InChI=1S/C11H19N3O2/c15-10-6-8(7-14-10)11(16)13-5-3-9-2-1-4-12-9/h8-9,12H,1-7H2,(H,13,16)(H,14,15). The number of hydrogen-bond donors (Lipinski definition) is 3. The Morgan fingerprint density at radius 2 is 2.38 bits per heavy atom. The highest BCUT2D eigenvalue weighted by atomic mass is 16.2. The van der Waals surface area contributed by atoms with Gasteiger partial charge in [-0.05, 0) is 25.8 Å². The molecule has 16 heavy (non-hydrogen) atoms. The van der Waals surface area contributed by atoms with Gasteiger partial charge in [-0.2, -0.15) is 0 Å². The lowest BCUT2D eigenvalue weighted by molar-refractivity contribution is -0.126. The minimum absolute atomic E-state index is 0.0105. The first-order chi connectivity index (χ1) is 7.75. The van der Waals surface area contributed by atoms with Crippen molar-refractivity contribution in [2.45, 2.75) is 31.7 Å². The molecule has 3 N–H and O–H groups in total. The van der Waals surface area contributed by atoms with E-state index < -0.39 is 0 Å². The average molecular weight is 225 g/mol. The SMILES string of the molecule is O=C1CC(C(=O)NCCC2CCCN2)CN1. The molecule has 2 fully saturated rings. The maximum Gasteiger partial charge on any atom is 0.225 e. The van der Waals surface area contributed by atoms with Gasteiger partial charge < -0.3 is 16.0 Å². The van der Waals surface area contributed by atoms with E-state index >= 15 is 0 Å². The molecule has 0 aromatic rings. The Balaban J connectivity index is 1.61. The van der Waals surface area contributed by atoms with E-state index in [-0.39, 0.29) is 17.7 Å². The van der Waals surface area contributed by atoms with Gasteiger partial charge in [0.05, 0.1) is 5.92 Å². The molecule has 2 aliphatic rings. The fourth-order valence-corrected chi connectivity index (χ4v) is 2.31. The van der Waals surface area contributed by atoms with E-state index in [1.54, 1.807) is 0 Å². The zero-order valence-electron chi connectivity index (χ0n) is 9.42. The van der Waals surface area contributed by atoms with Crippen LogP contribution in [0.5, 0.6) is 0 Å². The van der Waals surface area contributed by atoms with Crippen LogP contribution < -0.4 is 16.0 Å². The van der Waals surface area contributed by atoms with Crippen molar-refractivity contribution in [2.75, 3.05) is 19.6 Å². The van der Waals surface area contributed by atoms with Gasteiger partial charge in [0.2, 0.25) is 11.8 Å². The second-order valence-corrected chi connectivity index (χ2v) is 4.58. The number of carbonyl (C=O) groups excluding carboxylic acids is 2. The topological polar surface area (TPSA) is 70.2 Å². The number of rotatable bonds is 4. The Kier molecular flexibility index (Phi) is 3.77. The fraction of sp³-hybridized carbons (Fsp3) is 0.818. The maximum atomic E-state index is 11.6. The van der Waals surface area contributed by atoms with Crippen molar-refractivity contribution in [1.29, 1.82) is 0 Å². The summed E-state index contributed by atoms with van der Waals surface area (Å²) in [7, 11) is 0. The van der Waals surface area contributed by atoms with Gasteiger partial charge in [-0.1, -0.05) is 0 Å². The Hall–Kier alpha value is -1.10. The predicted molar refractivity (Wildman–Crippen MR) is 59.8 cm³/mol. The first kappa shape index (κ1) is 11.4. The van der Waals surface area contributed by atoms with E-state index in [0.29, 0.717) is 25.6 Å². The second kappa shape index (κ2) is 5.30. The Bertz CT molecular complexity index is 274. The molecule has 90 valence electrons. The molecule has 0 aromatic heterocycles. The molecule has 0 spiro atoms. The molecule has 2 heterocycles. The molecule has 5 nitrogen and oxygen atoms in total. The third-order valence-electron chi connectivity index (χ3n) is 3.30. The highest BCUT2D eigenvalue weighted by molar-refractivity contribution is 5.89. The van der Waals surface area contributed by atoms with Gasteiger partial charge in [0.15, 0.2) is 0 Å². The zero-order chi connectivity index (χ0) is 11.4. The van der Waals surface area contributed by atoms with Crippen molar-refractivity contribution in [2.24, 2.45) is 5.92 Å². The molecule has 2 aliphatic heterocycles. The molecule has 2 unspecified atom stereocenters. The third kappa shape index (κ3) is 2.95. The van der Waals surface area contributed by atoms with Crippen LogP contribution >= 0.6 is 0 Å². The van der Waals surface area contributed by atoms with Crippen LogP contribution in [0, 0.1) is 5.92 Å². The lowest BCUT2D eigenvalue weighted by Gasteiger charge is -2.12. The molecule has 2 rings (SSSR count). The summed E-state index contributed by atoms with van der Waals surface area (Å²) in [6, 6.07) is 0.559. The molecule has 0 bridgehead atoms. The number of amides is 2. The molecule has 2 amide bonds. The van der Waals surface area contributed by atoms with E-state index in [4.69, 9.17) is 0 Å². The Morgan fingerprint density at radius 3 is 3.00 bits per heavy atom. The number of nitrogens with one attached hydrogen (secondary N) is 3. The number of carbonyl (C=O) groups is 2. The summed E-state index contributed by atoms with van der Waals surface area (Å²) in [5, 5.41) is 8.96. The molecule has 0 aromatic carbocycles. The lowest BCUT2D eigenvalue weighted by atomic mass is 10.1. The van der Waals surface area contributed by atoms with Crippen molar-refractivity contribution in [3.05, 3.63) is 0 Å². The summed E-state index contributed by atoms with van der Waals surface area (Å²) in [6.45, 7) is 2.30. The van der Waals surface area contributed by atoms with Gasteiger partial charge in [-0.3, -0.25) is 9.59 Å². The monoisotopic (exact) mass is 225 g/mol. The Morgan fingerprint density at radius 1 is 1.50 bits per heavy atom. The van der Waals surface area contributed by atoms with E-state index in [1.807, 2.05) is 0 Å². The summed E-state index contributed by atoms with van der Waals surface area (Å²) in [4.78, 5) is 22.6. The smallest absolute Gasteiger partial charge is 0.225 e. The summed E-state index contributed by atoms with van der Waals surface area (Å²) < 4.78 is 0. The fourth-order valence-electron chi connectivity index (χ4n) is 2.31. The molecule has 5 heteroatoms. The van der Waals surface area contributed by atoms with Crippen LogP contribution in [-0.2, 0) is 9.59 Å². The largest absolute Gasteiger partial charge is 0.356 e.